The molecule has 1 amide bonds. The molecular weight excluding hydrogens is 268 g/mol. The number of carboxylic acid groups (broad SMARTS) is 1. The molecule has 118 valence electrons. The van der Waals surface area contributed by atoms with Crippen LogP contribution in [0.2, 0.25) is 0 Å². The summed E-state index contributed by atoms with van der Waals surface area (Å²) in [5.74, 6) is 0.361. The number of fused-ring (bicyclic) bond motifs is 2. The molecule has 3 atom stereocenters. The van der Waals surface area contributed by atoms with E-state index < -0.39 is 5.97 Å². The fourth-order valence-corrected chi connectivity index (χ4v) is 4.56. The van der Waals surface area contributed by atoms with Crippen LogP contribution >= 0.6 is 0 Å². The second kappa shape index (κ2) is 6.34. The maximum Gasteiger partial charge on any atom is 0.303 e. The van der Waals surface area contributed by atoms with Crippen molar-refractivity contribution in [2.24, 2.45) is 11.8 Å². The minimum atomic E-state index is -0.701. The van der Waals surface area contributed by atoms with Crippen LogP contribution in [0, 0.1) is 11.8 Å². The SMILES string of the molecule is O=C(O)CC1CC2CCC(C1)N2C(=O)CC1CCCNC1. The third-order valence-corrected chi connectivity index (χ3v) is 5.44. The van der Waals surface area contributed by atoms with Gasteiger partial charge in [-0.25, -0.2) is 0 Å². The Kier molecular flexibility index (Phi) is 4.48. The lowest BCUT2D eigenvalue weighted by molar-refractivity contribution is -0.140. The van der Waals surface area contributed by atoms with Gasteiger partial charge < -0.3 is 15.3 Å². The second-order valence-electron chi connectivity index (χ2n) is 7.04. The van der Waals surface area contributed by atoms with Gasteiger partial charge in [-0.1, -0.05) is 0 Å². The van der Waals surface area contributed by atoms with Crippen molar-refractivity contribution in [3.8, 4) is 0 Å². The van der Waals surface area contributed by atoms with E-state index in [9.17, 15) is 9.59 Å². The first-order chi connectivity index (χ1) is 10.1. The minimum absolute atomic E-state index is 0.264. The van der Waals surface area contributed by atoms with Crippen LogP contribution < -0.4 is 5.32 Å². The van der Waals surface area contributed by atoms with E-state index in [1.54, 1.807) is 0 Å². The van der Waals surface area contributed by atoms with Crippen molar-refractivity contribution >= 4 is 11.9 Å². The molecular formula is C16H26N2O3. The Hall–Kier alpha value is -1.10. The molecule has 3 saturated heterocycles. The number of carboxylic acids is 1. The van der Waals surface area contributed by atoms with Crippen LogP contribution in [0.4, 0.5) is 0 Å². The summed E-state index contributed by atoms with van der Waals surface area (Å²) in [7, 11) is 0. The highest BCUT2D eigenvalue weighted by molar-refractivity contribution is 5.77. The molecule has 5 heteroatoms. The minimum Gasteiger partial charge on any atom is -0.481 e. The number of carbonyl (C=O) groups excluding carboxylic acids is 1. The maximum atomic E-state index is 12.6. The van der Waals surface area contributed by atoms with Crippen LogP contribution in [0.3, 0.4) is 0 Å². The van der Waals surface area contributed by atoms with E-state index in [1.807, 2.05) is 0 Å². The highest BCUT2D eigenvalue weighted by atomic mass is 16.4. The molecule has 0 aromatic rings. The van der Waals surface area contributed by atoms with Crippen LogP contribution in [0.1, 0.15) is 51.4 Å². The largest absolute Gasteiger partial charge is 0.481 e. The highest BCUT2D eigenvalue weighted by Gasteiger charge is 2.43. The zero-order valence-electron chi connectivity index (χ0n) is 12.6. The van der Waals surface area contributed by atoms with Crippen molar-refractivity contribution < 1.29 is 14.7 Å². The second-order valence-corrected chi connectivity index (χ2v) is 7.04. The van der Waals surface area contributed by atoms with E-state index in [0.29, 0.717) is 30.3 Å². The van der Waals surface area contributed by atoms with Crippen LogP contribution in [0.15, 0.2) is 0 Å². The number of amides is 1. The number of hydrogen-bond donors (Lipinski definition) is 2. The number of rotatable bonds is 4. The number of carbonyl (C=O) groups is 2. The molecule has 3 fully saturated rings. The van der Waals surface area contributed by atoms with Crippen molar-refractivity contribution in [1.29, 1.82) is 0 Å². The van der Waals surface area contributed by atoms with E-state index in [1.165, 1.54) is 6.42 Å². The molecule has 0 aromatic heterocycles. The van der Waals surface area contributed by atoms with E-state index in [2.05, 4.69) is 10.2 Å². The van der Waals surface area contributed by atoms with Gasteiger partial charge in [-0.15, -0.1) is 0 Å². The zero-order chi connectivity index (χ0) is 14.8. The molecule has 0 radical (unpaired) electrons. The van der Waals surface area contributed by atoms with Crippen molar-refractivity contribution in [1.82, 2.24) is 10.2 Å². The Morgan fingerprint density at radius 1 is 1.05 bits per heavy atom. The first kappa shape index (κ1) is 14.8. The average Bonchev–Trinajstić information content (AvgIpc) is 2.71. The molecule has 3 heterocycles. The van der Waals surface area contributed by atoms with Gasteiger partial charge in [0.1, 0.15) is 0 Å². The Labute approximate surface area is 126 Å². The van der Waals surface area contributed by atoms with Gasteiger partial charge in [-0.2, -0.15) is 0 Å². The number of nitrogens with one attached hydrogen (secondary N) is 1. The van der Waals surface area contributed by atoms with E-state index in [-0.39, 0.29) is 12.3 Å². The lowest BCUT2D eigenvalue weighted by Crippen LogP contribution is -2.48. The molecule has 0 saturated carbocycles. The summed E-state index contributed by atoms with van der Waals surface area (Å²) in [5.41, 5.74) is 0. The van der Waals surface area contributed by atoms with Gasteiger partial charge >= 0.3 is 5.97 Å². The fourth-order valence-electron chi connectivity index (χ4n) is 4.56. The van der Waals surface area contributed by atoms with Gasteiger partial charge in [0.2, 0.25) is 5.91 Å². The number of hydrogen-bond acceptors (Lipinski definition) is 3. The molecule has 21 heavy (non-hydrogen) atoms. The van der Waals surface area contributed by atoms with Gasteiger partial charge in [0.05, 0.1) is 0 Å². The average molecular weight is 294 g/mol. The Morgan fingerprint density at radius 3 is 2.33 bits per heavy atom. The molecule has 3 unspecified atom stereocenters. The quantitative estimate of drug-likeness (QED) is 0.826. The normalized spacial score (nSPS) is 35.7. The van der Waals surface area contributed by atoms with Crippen LogP contribution in [0.5, 0.6) is 0 Å². The Morgan fingerprint density at radius 2 is 1.76 bits per heavy atom. The van der Waals surface area contributed by atoms with Crippen molar-refractivity contribution in [2.45, 2.75) is 63.5 Å². The molecule has 3 aliphatic rings. The van der Waals surface area contributed by atoms with Crippen LogP contribution in [0.25, 0.3) is 0 Å². The molecule has 2 bridgehead atoms. The highest BCUT2D eigenvalue weighted by Crippen LogP contribution is 2.40. The topological polar surface area (TPSA) is 69.6 Å². The van der Waals surface area contributed by atoms with Crippen molar-refractivity contribution in [2.75, 3.05) is 13.1 Å². The first-order valence-corrected chi connectivity index (χ1v) is 8.37. The van der Waals surface area contributed by atoms with Gasteiger partial charge in [0, 0.05) is 24.9 Å². The summed E-state index contributed by atoms with van der Waals surface area (Å²) in [5, 5.41) is 12.3. The predicted molar refractivity (Wildman–Crippen MR) is 78.8 cm³/mol. The van der Waals surface area contributed by atoms with Gasteiger partial charge in [-0.3, -0.25) is 9.59 Å². The van der Waals surface area contributed by atoms with E-state index in [4.69, 9.17) is 5.11 Å². The van der Waals surface area contributed by atoms with Crippen LogP contribution in [-0.4, -0.2) is 47.1 Å². The fraction of sp³-hybridized carbons (Fsp3) is 0.875. The lowest BCUT2D eigenvalue weighted by Gasteiger charge is -2.39. The van der Waals surface area contributed by atoms with Crippen molar-refractivity contribution in [3.63, 3.8) is 0 Å². The molecule has 2 N–H and O–H groups in total. The molecule has 0 aliphatic carbocycles. The summed E-state index contributed by atoms with van der Waals surface area (Å²) >= 11 is 0. The van der Waals surface area contributed by atoms with Gasteiger partial charge in [-0.05, 0) is 63.5 Å². The lowest BCUT2D eigenvalue weighted by atomic mass is 9.87. The molecule has 3 rings (SSSR count). The number of piperidine rings is 2. The summed E-state index contributed by atoms with van der Waals surface area (Å²) in [6.45, 7) is 2.05. The summed E-state index contributed by atoms with van der Waals surface area (Å²) in [6.07, 6.45) is 7.17. The molecule has 3 aliphatic heterocycles. The van der Waals surface area contributed by atoms with Gasteiger partial charge in [0.25, 0.3) is 0 Å². The molecule has 0 aromatic carbocycles. The van der Waals surface area contributed by atoms with Crippen LogP contribution in [-0.2, 0) is 9.59 Å². The zero-order valence-corrected chi connectivity index (χ0v) is 12.6. The maximum absolute atomic E-state index is 12.6. The third-order valence-electron chi connectivity index (χ3n) is 5.44. The van der Waals surface area contributed by atoms with E-state index in [0.717, 1.165) is 45.2 Å². The third kappa shape index (κ3) is 3.39. The Bertz CT molecular complexity index is 392. The van der Waals surface area contributed by atoms with E-state index >= 15 is 0 Å². The monoisotopic (exact) mass is 294 g/mol. The van der Waals surface area contributed by atoms with Gasteiger partial charge in [0.15, 0.2) is 0 Å². The number of nitrogens with zero attached hydrogens (tertiary/aromatic N) is 1. The number of aliphatic carboxylic acids is 1. The summed E-state index contributed by atoms with van der Waals surface area (Å²) < 4.78 is 0. The molecule has 0 spiro atoms. The molecule has 5 nitrogen and oxygen atoms in total. The standard InChI is InChI=1S/C16H26N2O3/c19-15(8-11-2-1-5-17-10-11)18-13-3-4-14(18)7-12(6-13)9-16(20)21/h11-14,17H,1-10H2,(H,20,21). The summed E-state index contributed by atoms with van der Waals surface area (Å²) in [6, 6.07) is 0.606. The Balaban J connectivity index is 1.56. The first-order valence-electron chi connectivity index (χ1n) is 8.37. The predicted octanol–water partition coefficient (Wildman–Crippen LogP) is 1.62. The summed E-state index contributed by atoms with van der Waals surface area (Å²) in [4.78, 5) is 25.6. The smallest absolute Gasteiger partial charge is 0.303 e. The van der Waals surface area contributed by atoms with Crippen molar-refractivity contribution in [3.05, 3.63) is 0 Å².